The summed E-state index contributed by atoms with van der Waals surface area (Å²) < 4.78 is 4.17. The first-order valence-corrected chi connectivity index (χ1v) is 9.98. The normalized spacial score (nSPS) is 17.7. The highest BCUT2D eigenvalue weighted by Gasteiger charge is 2.29. The van der Waals surface area contributed by atoms with Crippen LogP contribution in [-0.4, -0.2) is 68.8 Å². The fraction of sp³-hybridized carbons (Fsp3) is 0.650. The van der Waals surface area contributed by atoms with Crippen LogP contribution in [-0.2, 0) is 13.1 Å². The van der Waals surface area contributed by atoms with Crippen molar-refractivity contribution in [2.75, 3.05) is 33.7 Å². The molecular weight excluding hydrogens is 340 g/mol. The van der Waals surface area contributed by atoms with E-state index in [1.54, 1.807) is 6.20 Å². The zero-order valence-corrected chi connectivity index (χ0v) is 17.1. The molecular formula is C20H32N6O. The number of hydrogen-bond acceptors (Lipinski definition) is 4. The third-order valence-corrected chi connectivity index (χ3v) is 5.38. The van der Waals surface area contributed by atoms with Crippen LogP contribution >= 0.6 is 0 Å². The summed E-state index contributed by atoms with van der Waals surface area (Å²) in [4.78, 5) is 21.9. The van der Waals surface area contributed by atoms with Gasteiger partial charge in [-0.25, -0.2) is 4.98 Å². The van der Waals surface area contributed by atoms with Crippen molar-refractivity contribution in [1.29, 1.82) is 0 Å². The first-order valence-electron chi connectivity index (χ1n) is 9.98. The van der Waals surface area contributed by atoms with Crippen molar-refractivity contribution >= 4 is 5.91 Å². The van der Waals surface area contributed by atoms with Crippen LogP contribution in [0.25, 0.3) is 0 Å². The minimum atomic E-state index is 0.103. The molecule has 7 nitrogen and oxygen atoms in total. The average Bonchev–Trinajstić information content (AvgIpc) is 3.27. The molecule has 0 bridgehead atoms. The molecule has 0 aromatic carbocycles. The molecule has 0 aliphatic carbocycles. The van der Waals surface area contributed by atoms with Crippen molar-refractivity contribution in [3.63, 3.8) is 0 Å². The van der Waals surface area contributed by atoms with E-state index in [-0.39, 0.29) is 5.91 Å². The Morgan fingerprint density at radius 3 is 2.89 bits per heavy atom. The summed E-state index contributed by atoms with van der Waals surface area (Å²) in [6.45, 7) is 8.42. The zero-order chi connectivity index (χ0) is 19.4. The van der Waals surface area contributed by atoms with Crippen molar-refractivity contribution in [3.05, 3.63) is 35.7 Å². The van der Waals surface area contributed by atoms with E-state index in [1.807, 2.05) is 22.7 Å². The highest BCUT2D eigenvalue weighted by Crippen LogP contribution is 2.27. The molecule has 1 amide bonds. The molecule has 0 N–H and O–H groups in total. The summed E-state index contributed by atoms with van der Waals surface area (Å²) in [6, 6.07) is 0. The second-order valence-corrected chi connectivity index (χ2v) is 7.74. The summed E-state index contributed by atoms with van der Waals surface area (Å²) in [5.41, 5.74) is 1.71. The predicted molar refractivity (Wildman–Crippen MR) is 106 cm³/mol. The van der Waals surface area contributed by atoms with Crippen molar-refractivity contribution in [2.45, 2.75) is 52.1 Å². The number of likely N-dealkylation sites (tertiary alicyclic amines) is 1. The van der Waals surface area contributed by atoms with E-state index >= 15 is 0 Å². The smallest absolute Gasteiger partial charge is 0.257 e. The number of carbonyl (C=O) groups excluding carboxylic acids is 1. The summed E-state index contributed by atoms with van der Waals surface area (Å²) in [7, 11) is 4.16. The lowest BCUT2D eigenvalue weighted by atomic mass is 9.96. The van der Waals surface area contributed by atoms with Gasteiger partial charge in [0.1, 0.15) is 5.82 Å². The Hall–Kier alpha value is -2.15. The average molecular weight is 373 g/mol. The third kappa shape index (κ3) is 4.40. The van der Waals surface area contributed by atoms with Crippen LogP contribution in [0.4, 0.5) is 0 Å². The van der Waals surface area contributed by atoms with E-state index in [1.165, 1.54) is 0 Å². The van der Waals surface area contributed by atoms with Crippen molar-refractivity contribution < 1.29 is 4.79 Å². The molecule has 1 aliphatic heterocycles. The minimum absolute atomic E-state index is 0.103. The number of rotatable bonds is 7. The van der Waals surface area contributed by atoms with Gasteiger partial charge in [-0.2, -0.15) is 5.10 Å². The number of nitrogens with zero attached hydrogens (tertiary/aromatic N) is 6. The number of imidazole rings is 1. The third-order valence-electron chi connectivity index (χ3n) is 5.38. The van der Waals surface area contributed by atoms with Gasteiger partial charge in [0.25, 0.3) is 5.91 Å². The summed E-state index contributed by atoms with van der Waals surface area (Å²) in [6.07, 6.45) is 8.77. The lowest BCUT2D eigenvalue weighted by Gasteiger charge is -2.32. The predicted octanol–water partition coefficient (Wildman–Crippen LogP) is 2.38. The van der Waals surface area contributed by atoms with E-state index in [9.17, 15) is 4.79 Å². The molecule has 2 aromatic heterocycles. The fourth-order valence-corrected chi connectivity index (χ4v) is 3.81. The molecule has 1 saturated heterocycles. The van der Waals surface area contributed by atoms with Crippen molar-refractivity contribution in [3.8, 4) is 0 Å². The molecule has 1 atom stereocenters. The van der Waals surface area contributed by atoms with E-state index in [2.05, 4.69) is 46.8 Å². The highest BCUT2D eigenvalue weighted by molar-refractivity contribution is 5.95. The van der Waals surface area contributed by atoms with Crippen LogP contribution in [0.2, 0.25) is 0 Å². The molecule has 0 unspecified atom stereocenters. The van der Waals surface area contributed by atoms with E-state index in [0.29, 0.717) is 5.92 Å². The largest absolute Gasteiger partial charge is 0.338 e. The Balaban J connectivity index is 1.71. The summed E-state index contributed by atoms with van der Waals surface area (Å²) in [5.74, 6) is 1.50. The van der Waals surface area contributed by atoms with Gasteiger partial charge in [-0.15, -0.1) is 0 Å². The van der Waals surface area contributed by atoms with Gasteiger partial charge in [-0.3, -0.25) is 9.48 Å². The topological polar surface area (TPSA) is 59.2 Å². The quantitative estimate of drug-likeness (QED) is 0.749. The molecule has 7 heteroatoms. The second kappa shape index (κ2) is 8.69. The Morgan fingerprint density at radius 1 is 1.33 bits per heavy atom. The standard InChI is InChI=1S/C20H32N6O/c1-5-9-26-16(2)18(14-22-26)20(27)25-10-6-7-17(15-25)19-21-8-11-24(19)13-12-23(3)4/h8,11,14,17H,5-7,9-10,12-13,15H2,1-4H3/t17-/m0/s1. The Kier molecular flexibility index (Phi) is 6.31. The molecule has 2 aromatic rings. The van der Waals surface area contributed by atoms with Crippen LogP contribution in [0, 0.1) is 6.92 Å². The lowest BCUT2D eigenvalue weighted by Crippen LogP contribution is -2.40. The first-order chi connectivity index (χ1) is 13.0. The molecule has 3 heterocycles. The van der Waals surface area contributed by atoms with Gasteiger partial charge in [0.15, 0.2) is 0 Å². The van der Waals surface area contributed by atoms with Gasteiger partial charge in [-0.05, 0) is 40.3 Å². The summed E-state index contributed by atoms with van der Waals surface area (Å²) >= 11 is 0. The molecule has 0 spiro atoms. The molecule has 1 aliphatic rings. The van der Waals surface area contributed by atoms with E-state index < -0.39 is 0 Å². The molecule has 1 fully saturated rings. The lowest BCUT2D eigenvalue weighted by molar-refractivity contribution is 0.0702. The number of piperidine rings is 1. The summed E-state index contributed by atoms with van der Waals surface area (Å²) in [5, 5.41) is 4.39. The SMILES string of the molecule is CCCn1ncc(C(=O)N2CCC[C@H](c3nccn3CCN(C)C)C2)c1C. The molecule has 3 rings (SSSR count). The molecule has 27 heavy (non-hydrogen) atoms. The van der Waals surface area contributed by atoms with Gasteiger partial charge in [0, 0.05) is 56.7 Å². The maximum absolute atomic E-state index is 13.1. The van der Waals surface area contributed by atoms with Crippen molar-refractivity contribution in [1.82, 2.24) is 29.1 Å². The maximum Gasteiger partial charge on any atom is 0.257 e. The van der Waals surface area contributed by atoms with E-state index in [4.69, 9.17) is 0 Å². The Morgan fingerprint density at radius 2 is 2.15 bits per heavy atom. The maximum atomic E-state index is 13.1. The fourth-order valence-electron chi connectivity index (χ4n) is 3.81. The van der Waals surface area contributed by atoms with E-state index in [0.717, 1.165) is 69.1 Å². The van der Waals surface area contributed by atoms with Gasteiger partial charge in [0.2, 0.25) is 0 Å². The Labute approximate surface area is 162 Å². The van der Waals surface area contributed by atoms with Crippen LogP contribution in [0.5, 0.6) is 0 Å². The highest BCUT2D eigenvalue weighted by atomic mass is 16.2. The molecule has 148 valence electrons. The van der Waals surface area contributed by atoms with Gasteiger partial charge >= 0.3 is 0 Å². The number of aromatic nitrogens is 4. The number of hydrogen-bond donors (Lipinski definition) is 0. The number of amides is 1. The Bertz CT molecular complexity index is 762. The minimum Gasteiger partial charge on any atom is -0.338 e. The van der Waals surface area contributed by atoms with Gasteiger partial charge < -0.3 is 14.4 Å². The van der Waals surface area contributed by atoms with Crippen LogP contribution in [0.15, 0.2) is 18.6 Å². The van der Waals surface area contributed by atoms with Crippen LogP contribution in [0.1, 0.15) is 54.0 Å². The number of carbonyl (C=O) groups is 1. The van der Waals surface area contributed by atoms with Gasteiger partial charge in [0.05, 0.1) is 11.8 Å². The van der Waals surface area contributed by atoms with Crippen LogP contribution < -0.4 is 0 Å². The second-order valence-electron chi connectivity index (χ2n) is 7.74. The molecule has 0 saturated carbocycles. The molecule has 0 radical (unpaired) electrons. The first kappa shape index (κ1) is 19.6. The monoisotopic (exact) mass is 372 g/mol. The van der Waals surface area contributed by atoms with Crippen LogP contribution in [0.3, 0.4) is 0 Å². The number of likely N-dealkylation sites (N-methyl/N-ethyl adjacent to an activating group) is 1. The van der Waals surface area contributed by atoms with Crippen molar-refractivity contribution in [2.24, 2.45) is 0 Å². The van der Waals surface area contributed by atoms with Gasteiger partial charge in [-0.1, -0.05) is 6.92 Å². The number of aryl methyl sites for hydroxylation is 1. The zero-order valence-electron chi connectivity index (χ0n) is 17.1.